The lowest BCUT2D eigenvalue weighted by Crippen LogP contribution is -2.24. The number of nitrogens with one attached hydrogen (secondary N) is 1. The third kappa shape index (κ3) is 6.01. The molecule has 0 spiro atoms. The highest BCUT2D eigenvalue weighted by Crippen LogP contribution is 2.16. The van der Waals surface area contributed by atoms with Gasteiger partial charge in [0.05, 0.1) is 6.07 Å². The molecule has 0 aromatic heterocycles. The van der Waals surface area contributed by atoms with Crippen LogP contribution in [-0.4, -0.2) is 12.5 Å². The van der Waals surface area contributed by atoms with Crippen LogP contribution in [0.2, 0.25) is 5.02 Å². The zero-order valence-corrected chi connectivity index (χ0v) is 13.3. The number of halogens is 1. The number of hydrogen-bond donors (Lipinski definition) is 1. The summed E-state index contributed by atoms with van der Waals surface area (Å²) in [6.45, 7) is 0.973. The molecule has 2 aromatic rings. The molecule has 0 bridgehead atoms. The summed E-state index contributed by atoms with van der Waals surface area (Å²) in [4.78, 5) is 11.2. The van der Waals surface area contributed by atoms with Crippen molar-refractivity contribution in [3.63, 3.8) is 0 Å². The smallest absolute Gasteiger partial charge is 0.234 e. The number of benzene rings is 2. The minimum absolute atomic E-state index is 0.107. The van der Waals surface area contributed by atoms with Gasteiger partial charge in [0.15, 0.2) is 0 Å². The molecule has 0 aliphatic rings. The van der Waals surface area contributed by atoms with Crippen LogP contribution < -0.4 is 10.1 Å². The van der Waals surface area contributed by atoms with Gasteiger partial charge in [-0.25, -0.2) is 0 Å². The minimum atomic E-state index is -0.248. The van der Waals surface area contributed by atoms with Crippen LogP contribution in [0, 0.1) is 11.3 Å². The SMILES string of the molecule is N#CCC(=O)NCCc1cccc(OCc2ccc(Cl)cc2)c1. The number of hydrogen-bond acceptors (Lipinski definition) is 3. The molecule has 0 atom stereocenters. The summed E-state index contributed by atoms with van der Waals surface area (Å²) in [6.07, 6.45) is 0.583. The van der Waals surface area contributed by atoms with Crippen LogP contribution in [0.25, 0.3) is 0 Å². The van der Waals surface area contributed by atoms with Gasteiger partial charge < -0.3 is 10.1 Å². The van der Waals surface area contributed by atoms with Crippen molar-refractivity contribution >= 4 is 17.5 Å². The van der Waals surface area contributed by atoms with E-state index in [0.29, 0.717) is 24.6 Å². The molecule has 0 radical (unpaired) electrons. The molecule has 1 amide bonds. The van der Waals surface area contributed by atoms with E-state index >= 15 is 0 Å². The van der Waals surface area contributed by atoms with E-state index in [-0.39, 0.29) is 12.3 Å². The lowest BCUT2D eigenvalue weighted by atomic mass is 10.1. The predicted octanol–water partition coefficient (Wildman–Crippen LogP) is 3.49. The minimum Gasteiger partial charge on any atom is -0.489 e. The molecule has 0 aliphatic heterocycles. The molecular formula is C18H17ClN2O2. The van der Waals surface area contributed by atoms with Crippen LogP contribution in [0.15, 0.2) is 48.5 Å². The molecule has 0 aliphatic carbocycles. The zero-order valence-electron chi connectivity index (χ0n) is 12.6. The van der Waals surface area contributed by atoms with Gasteiger partial charge in [-0.05, 0) is 41.8 Å². The Morgan fingerprint density at radius 1 is 1.17 bits per heavy atom. The highest BCUT2D eigenvalue weighted by atomic mass is 35.5. The normalized spacial score (nSPS) is 9.91. The number of carbonyl (C=O) groups is 1. The van der Waals surface area contributed by atoms with Crippen LogP contribution in [0.4, 0.5) is 0 Å². The van der Waals surface area contributed by atoms with Crippen molar-refractivity contribution in [3.05, 3.63) is 64.7 Å². The maximum atomic E-state index is 11.2. The summed E-state index contributed by atoms with van der Waals surface area (Å²) in [5.74, 6) is 0.531. The zero-order chi connectivity index (χ0) is 16.5. The third-order valence-corrected chi connectivity index (χ3v) is 3.44. The van der Waals surface area contributed by atoms with Gasteiger partial charge in [0.2, 0.25) is 5.91 Å². The van der Waals surface area contributed by atoms with Gasteiger partial charge >= 0.3 is 0 Å². The Hall–Kier alpha value is -2.51. The Bertz CT molecular complexity index is 693. The number of carbonyl (C=O) groups excluding carboxylic acids is 1. The highest BCUT2D eigenvalue weighted by Gasteiger charge is 2.01. The van der Waals surface area contributed by atoms with Gasteiger partial charge in [-0.1, -0.05) is 35.9 Å². The van der Waals surface area contributed by atoms with E-state index in [9.17, 15) is 4.79 Å². The Kier molecular flexibility index (Phi) is 6.46. The molecule has 118 valence electrons. The largest absolute Gasteiger partial charge is 0.489 e. The first-order chi connectivity index (χ1) is 11.2. The van der Waals surface area contributed by atoms with E-state index in [0.717, 1.165) is 16.9 Å². The summed E-state index contributed by atoms with van der Waals surface area (Å²) in [5, 5.41) is 11.8. The maximum absolute atomic E-state index is 11.2. The molecule has 0 saturated heterocycles. The van der Waals surface area contributed by atoms with Crippen LogP contribution in [-0.2, 0) is 17.8 Å². The maximum Gasteiger partial charge on any atom is 0.234 e. The van der Waals surface area contributed by atoms with Gasteiger partial charge in [0.1, 0.15) is 18.8 Å². The molecule has 4 nitrogen and oxygen atoms in total. The van der Waals surface area contributed by atoms with Crippen LogP contribution in [0.5, 0.6) is 5.75 Å². The van der Waals surface area contributed by atoms with Crippen LogP contribution >= 0.6 is 11.6 Å². The Morgan fingerprint density at radius 2 is 1.96 bits per heavy atom. The quantitative estimate of drug-likeness (QED) is 0.846. The van der Waals surface area contributed by atoms with E-state index in [1.807, 2.05) is 54.6 Å². The Morgan fingerprint density at radius 3 is 2.70 bits per heavy atom. The fraction of sp³-hybridized carbons (Fsp3) is 0.222. The monoisotopic (exact) mass is 328 g/mol. The summed E-state index contributed by atoms with van der Waals surface area (Å²) >= 11 is 5.85. The lowest BCUT2D eigenvalue weighted by Gasteiger charge is -2.09. The number of rotatable bonds is 7. The van der Waals surface area contributed by atoms with E-state index < -0.39 is 0 Å². The first-order valence-electron chi connectivity index (χ1n) is 7.27. The van der Waals surface area contributed by atoms with E-state index in [4.69, 9.17) is 21.6 Å². The van der Waals surface area contributed by atoms with Gasteiger partial charge in [0.25, 0.3) is 0 Å². The van der Waals surface area contributed by atoms with Crippen LogP contribution in [0.3, 0.4) is 0 Å². The predicted molar refractivity (Wildman–Crippen MR) is 89.2 cm³/mol. The summed E-state index contributed by atoms with van der Waals surface area (Å²) in [6, 6.07) is 17.1. The molecule has 2 aromatic carbocycles. The Labute approximate surface area is 140 Å². The molecular weight excluding hydrogens is 312 g/mol. The van der Waals surface area contributed by atoms with Gasteiger partial charge in [-0.2, -0.15) is 5.26 Å². The summed E-state index contributed by atoms with van der Waals surface area (Å²) in [7, 11) is 0. The van der Waals surface area contributed by atoms with Gasteiger partial charge in [-0.15, -0.1) is 0 Å². The molecule has 0 fully saturated rings. The van der Waals surface area contributed by atoms with Crippen molar-refractivity contribution in [2.75, 3.05) is 6.54 Å². The fourth-order valence-corrected chi connectivity index (χ4v) is 2.14. The second-order valence-electron chi connectivity index (χ2n) is 5.00. The molecule has 23 heavy (non-hydrogen) atoms. The second-order valence-corrected chi connectivity index (χ2v) is 5.43. The molecule has 1 N–H and O–H groups in total. The molecule has 0 unspecified atom stereocenters. The van der Waals surface area contributed by atoms with Crippen molar-refractivity contribution in [2.24, 2.45) is 0 Å². The average Bonchev–Trinajstić information content (AvgIpc) is 2.55. The third-order valence-electron chi connectivity index (χ3n) is 3.19. The van der Waals surface area contributed by atoms with Crippen molar-refractivity contribution in [3.8, 4) is 11.8 Å². The number of ether oxygens (including phenoxy) is 1. The van der Waals surface area contributed by atoms with Crippen molar-refractivity contribution in [1.82, 2.24) is 5.32 Å². The van der Waals surface area contributed by atoms with E-state index in [2.05, 4.69) is 5.32 Å². The van der Waals surface area contributed by atoms with Gasteiger partial charge in [-0.3, -0.25) is 4.79 Å². The number of nitrogens with zero attached hydrogens (tertiary/aromatic N) is 1. The first-order valence-corrected chi connectivity index (χ1v) is 7.65. The van der Waals surface area contributed by atoms with Crippen molar-refractivity contribution < 1.29 is 9.53 Å². The fourth-order valence-electron chi connectivity index (χ4n) is 2.02. The van der Waals surface area contributed by atoms with E-state index in [1.54, 1.807) is 0 Å². The lowest BCUT2D eigenvalue weighted by molar-refractivity contribution is -0.120. The standard InChI is InChI=1S/C18H17ClN2O2/c19-16-6-4-15(5-7-16)13-23-17-3-1-2-14(12-17)9-11-21-18(22)8-10-20/h1-7,12H,8-9,11,13H2,(H,21,22). The second kappa shape index (κ2) is 8.82. The average molecular weight is 329 g/mol. The summed E-state index contributed by atoms with van der Waals surface area (Å²) in [5.41, 5.74) is 2.11. The Balaban J connectivity index is 1.83. The molecule has 0 saturated carbocycles. The summed E-state index contributed by atoms with van der Waals surface area (Å²) < 4.78 is 5.77. The first kappa shape index (κ1) is 16.9. The molecule has 0 heterocycles. The molecule has 5 heteroatoms. The van der Waals surface area contributed by atoms with Gasteiger partial charge in [0, 0.05) is 11.6 Å². The van der Waals surface area contributed by atoms with E-state index in [1.165, 1.54) is 0 Å². The van der Waals surface area contributed by atoms with Crippen molar-refractivity contribution in [1.29, 1.82) is 5.26 Å². The van der Waals surface area contributed by atoms with Crippen molar-refractivity contribution in [2.45, 2.75) is 19.4 Å². The highest BCUT2D eigenvalue weighted by molar-refractivity contribution is 6.30. The number of nitriles is 1. The molecule has 2 rings (SSSR count). The number of amides is 1. The van der Waals surface area contributed by atoms with Crippen LogP contribution in [0.1, 0.15) is 17.5 Å². The topological polar surface area (TPSA) is 62.1 Å².